The molecule has 0 radical (unpaired) electrons. The maximum atomic E-state index is 12.5. The van der Waals surface area contributed by atoms with Crippen LogP contribution in [-0.2, 0) is 24.0 Å². The Morgan fingerprint density at radius 2 is 1.46 bits per heavy atom. The summed E-state index contributed by atoms with van der Waals surface area (Å²) >= 11 is 5.25. The Morgan fingerprint density at radius 1 is 0.964 bits per heavy atom. The molecule has 0 aliphatic rings. The minimum atomic E-state index is -1.44. The summed E-state index contributed by atoms with van der Waals surface area (Å²) in [6.45, 7) is 1.36. The number of hydrogen-bond donors (Lipinski definition) is 7. The molecule has 0 aliphatic heterocycles. The SMILES string of the molecule is CSCCC(NC(=O)C(CC(=O)O)NC(=O)C(C)N)C(=O)NC(CS)C(=O)O. The van der Waals surface area contributed by atoms with E-state index in [0.717, 1.165) is 0 Å². The zero-order valence-electron chi connectivity index (χ0n) is 15.5. The highest BCUT2D eigenvalue weighted by atomic mass is 32.2. The third-order valence-corrected chi connectivity index (χ3v) is 4.48. The highest BCUT2D eigenvalue weighted by Crippen LogP contribution is 2.04. The molecule has 0 aromatic rings. The highest BCUT2D eigenvalue weighted by molar-refractivity contribution is 7.98. The third-order valence-electron chi connectivity index (χ3n) is 3.47. The molecule has 0 aromatic carbocycles. The smallest absolute Gasteiger partial charge is 0.327 e. The van der Waals surface area contributed by atoms with E-state index in [1.54, 1.807) is 6.26 Å². The zero-order valence-corrected chi connectivity index (χ0v) is 17.2. The molecular weight excluding hydrogens is 412 g/mol. The normalized spacial score (nSPS) is 14.9. The molecule has 0 aliphatic carbocycles. The van der Waals surface area contributed by atoms with Gasteiger partial charge in [-0.1, -0.05) is 0 Å². The number of rotatable bonds is 13. The van der Waals surface area contributed by atoms with E-state index < -0.39 is 60.2 Å². The quantitative estimate of drug-likeness (QED) is 0.160. The van der Waals surface area contributed by atoms with Gasteiger partial charge < -0.3 is 31.9 Å². The van der Waals surface area contributed by atoms with E-state index in [9.17, 15) is 24.0 Å². The van der Waals surface area contributed by atoms with Crippen molar-refractivity contribution in [2.75, 3.05) is 17.8 Å². The zero-order chi connectivity index (χ0) is 21.9. The second-order valence-electron chi connectivity index (χ2n) is 5.87. The van der Waals surface area contributed by atoms with Gasteiger partial charge in [0.2, 0.25) is 17.7 Å². The lowest BCUT2D eigenvalue weighted by atomic mass is 10.1. The predicted molar refractivity (Wildman–Crippen MR) is 106 cm³/mol. The summed E-state index contributed by atoms with van der Waals surface area (Å²) in [5.74, 6) is -4.69. The first kappa shape index (κ1) is 26.0. The Kier molecular flexibility index (Phi) is 12.3. The lowest BCUT2D eigenvalue weighted by molar-refractivity contribution is -0.142. The minimum Gasteiger partial charge on any atom is -0.481 e. The first-order valence-corrected chi connectivity index (χ1v) is 10.3. The lowest BCUT2D eigenvalue weighted by Crippen LogP contribution is -2.57. The van der Waals surface area contributed by atoms with Gasteiger partial charge in [-0.15, -0.1) is 0 Å². The fraction of sp³-hybridized carbons (Fsp3) is 0.667. The van der Waals surface area contributed by atoms with Gasteiger partial charge in [-0.3, -0.25) is 19.2 Å². The molecule has 13 heteroatoms. The van der Waals surface area contributed by atoms with Crippen LogP contribution in [0.4, 0.5) is 0 Å². The van der Waals surface area contributed by atoms with Crippen molar-refractivity contribution in [2.24, 2.45) is 5.73 Å². The molecule has 0 heterocycles. The van der Waals surface area contributed by atoms with Crippen molar-refractivity contribution in [3.63, 3.8) is 0 Å². The Labute approximate surface area is 172 Å². The average Bonchev–Trinajstić information content (AvgIpc) is 2.61. The van der Waals surface area contributed by atoms with Crippen LogP contribution in [0.2, 0.25) is 0 Å². The van der Waals surface area contributed by atoms with E-state index in [-0.39, 0.29) is 12.2 Å². The minimum absolute atomic E-state index is 0.156. The van der Waals surface area contributed by atoms with Crippen molar-refractivity contribution in [2.45, 2.75) is 43.9 Å². The summed E-state index contributed by atoms with van der Waals surface area (Å²) in [5.41, 5.74) is 5.41. The second kappa shape index (κ2) is 13.2. The van der Waals surface area contributed by atoms with Crippen LogP contribution in [0.1, 0.15) is 19.8 Å². The number of thioether (sulfide) groups is 1. The summed E-state index contributed by atoms with van der Waals surface area (Å²) in [6.07, 6.45) is 1.23. The predicted octanol–water partition coefficient (Wildman–Crippen LogP) is -1.97. The van der Waals surface area contributed by atoms with Crippen LogP contribution in [0.5, 0.6) is 0 Å². The second-order valence-corrected chi connectivity index (χ2v) is 7.22. The van der Waals surface area contributed by atoms with Crippen molar-refractivity contribution >= 4 is 54.1 Å². The van der Waals surface area contributed by atoms with Gasteiger partial charge in [0.05, 0.1) is 12.5 Å². The number of carboxylic acid groups (broad SMARTS) is 2. The number of nitrogens with one attached hydrogen (secondary N) is 3. The van der Waals surface area contributed by atoms with Crippen molar-refractivity contribution in [1.29, 1.82) is 0 Å². The molecule has 0 bridgehead atoms. The molecule has 0 fully saturated rings. The molecule has 160 valence electrons. The van der Waals surface area contributed by atoms with Crippen molar-refractivity contribution in [3.8, 4) is 0 Å². The Balaban J connectivity index is 5.30. The third kappa shape index (κ3) is 9.80. The van der Waals surface area contributed by atoms with E-state index in [1.165, 1.54) is 18.7 Å². The first-order chi connectivity index (χ1) is 13.0. The van der Waals surface area contributed by atoms with E-state index in [0.29, 0.717) is 5.75 Å². The fourth-order valence-corrected chi connectivity index (χ4v) is 2.64. The number of amides is 3. The molecule has 0 saturated heterocycles. The van der Waals surface area contributed by atoms with Crippen LogP contribution in [0, 0.1) is 0 Å². The number of hydrogen-bond acceptors (Lipinski definition) is 8. The Morgan fingerprint density at radius 3 is 1.89 bits per heavy atom. The van der Waals surface area contributed by atoms with Gasteiger partial charge in [-0.05, 0) is 25.4 Å². The van der Waals surface area contributed by atoms with E-state index >= 15 is 0 Å². The lowest BCUT2D eigenvalue weighted by Gasteiger charge is -2.24. The van der Waals surface area contributed by atoms with Crippen LogP contribution in [0.25, 0.3) is 0 Å². The van der Waals surface area contributed by atoms with Crippen LogP contribution in [0.15, 0.2) is 0 Å². The van der Waals surface area contributed by atoms with Gasteiger partial charge in [-0.2, -0.15) is 24.4 Å². The van der Waals surface area contributed by atoms with Gasteiger partial charge >= 0.3 is 11.9 Å². The number of aliphatic carboxylic acids is 2. The van der Waals surface area contributed by atoms with Gasteiger partial charge in [0.1, 0.15) is 18.1 Å². The molecule has 28 heavy (non-hydrogen) atoms. The molecule has 4 atom stereocenters. The molecular formula is C15H26N4O7S2. The maximum absolute atomic E-state index is 12.5. The summed E-state index contributed by atoms with van der Waals surface area (Å²) < 4.78 is 0. The number of nitrogens with two attached hydrogens (primary N) is 1. The van der Waals surface area contributed by atoms with Crippen LogP contribution < -0.4 is 21.7 Å². The van der Waals surface area contributed by atoms with E-state index in [1.807, 2.05) is 0 Å². The molecule has 7 N–H and O–H groups in total. The Bertz CT molecular complexity index is 589. The van der Waals surface area contributed by atoms with Crippen molar-refractivity contribution in [3.05, 3.63) is 0 Å². The first-order valence-electron chi connectivity index (χ1n) is 8.24. The number of thiol groups is 1. The molecule has 4 unspecified atom stereocenters. The van der Waals surface area contributed by atoms with E-state index in [4.69, 9.17) is 15.9 Å². The maximum Gasteiger partial charge on any atom is 0.327 e. The fourth-order valence-electron chi connectivity index (χ4n) is 1.92. The van der Waals surface area contributed by atoms with Crippen LogP contribution >= 0.6 is 24.4 Å². The molecule has 11 nitrogen and oxygen atoms in total. The molecule has 0 spiro atoms. The average molecular weight is 439 g/mol. The summed E-state index contributed by atoms with van der Waals surface area (Å²) in [7, 11) is 0. The number of carboxylic acids is 2. The molecule has 0 rings (SSSR count). The Hall–Kier alpha value is -1.99. The molecule has 3 amide bonds. The molecule has 0 saturated carbocycles. The summed E-state index contributed by atoms with van der Waals surface area (Å²) in [5, 5.41) is 24.8. The summed E-state index contributed by atoms with van der Waals surface area (Å²) in [6, 6.07) is -4.78. The van der Waals surface area contributed by atoms with Crippen molar-refractivity contribution < 1.29 is 34.2 Å². The van der Waals surface area contributed by atoms with E-state index in [2.05, 4.69) is 28.6 Å². The summed E-state index contributed by atoms with van der Waals surface area (Å²) in [4.78, 5) is 58.6. The number of carbonyl (C=O) groups excluding carboxylic acids is 3. The molecule has 0 aromatic heterocycles. The van der Waals surface area contributed by atoms with Crippen molar-refractivity contribution in [1.82, 2.24) is 16.0 Å². The topological polar surface area (TPSA) is 188 Å². The monoisotopic (exact) mass is 438 g/mol. The van der Waals surface area contributed by atoms with Gasteiger partial charge in [0.25, 0.3) is 0 Å². The number of carbonyl (C=O) groups is 5. The van der Waals surface area contributed by atoms with Crippen LogP contribution in [-0.4, -0.2) is 81.8 Å². The standard InChI is InChI=1S/C15H26N4O7S2/c1-7(16)12(22)18-9(5-11(20)21)14(24)17-8(3-4-28-2)13(23)19-10(6-27)15(25)26/h7-10,27H,3-6,16H2,1-2H3,(H,17,24)(H,18,22)(H,19,23)(H,20,21)(H,25,26). The van der Waals surface area contributed by atoms with Gasteiger partial charge in [0.15, 0.2) is 0 Å². The van der Waals surface area contributed by atoms with Gasteiger partial charge in [-0.25, -0.2) is 4.79 Å². The largest absolute Gasteiger partial charge is 0.481 e. The highest BCUT2D eigenvalue weighted by Gasteiger charge is 2.30. The van der Waals surface area contributed by atoms with Crippen LogP contribution in [0.3, 0.4) is 0 Å². The van der Waals surface area contributed by atoms with Gasteiger partial charge in [0, 0.05) is 5.75 Å².